The lowest BCUT2D eigenvalue weighted by molar-refractivity contribution is -0.654. The van der Waals surface area contributed by atoms with Crippen LogP contribution in [0.2, 0.25) is 5.15 Å². The normalized spacial score (nSPS) is 10.9. The van der Waals surface area contributed by atoms with Crippen molar-refractivity contribution >= 4 is 46.1 Å². The Morgan fingerprint density at radius 2 is 2.00 bits per heavy atom. The average Bonchev–Trinajstić information content (AvgIpc) is 2.98. The SMILES string of the molecule is CCn1c(CNC(=O)c2nc(Cl)c(N)nc2N)[n+](C)c2ccc(C(=O)OC)cc21. The largest absolute Gasteiger partial charge is 0.465 e. The van der Waals surface area contributed by atoms with Crippen LogP contribution in [0.3, 0.4) is 0 Å². The van der Waals surface area contributed by atoms with Gasteiger partial charge < -0.3 is 21.5 Å². The Kier molecular flexibility index (Phi) is 5.55. The predicted molar refractivity (Wildman–Crippen MR) is 107 cm³/mol. The molecule has 1 aromatic carbocycles. The van der Waals surface area contributed by atoms with Gasteiger partial charge in [0.15, 0.2) is 33.5 Å². The quantitative estimate of drug-likeness (QED) is 0.411. The van der Waals surface area contributed by atoms with Gasteiger partial charge >= 0.3 is 5.97 Å². The molecule has 0 radical (unpaired) electrons. The molecule has 3 rings (SSSR count). The molecule has 0 atom stereocenters. The van der Waals surface area contributed by atoms with Crippen LogP contribution in [0.15, 0.2) is 18.2 Å². The Balaban J connectivity index is 1.94. The first kappa shape index (κ1) is 20.3. The summed E-state index contributed by atoms with van der Waals surface area (Å²) in [5.41, 5.74) is 13.4. The van der Waals surface area contributed by atoms with Crippen molar-refractivity contribution in [3.05, 3.63) is 40.4 Å². The Morgan fingerprint density at radius 3 is 2.66 bits per heavy atom. The van der Waals surface area contributed by atoms with Gasteiger partial charge in [0.05, 0.1) is 26.3 Å². The number of carbonyl (C=O) groups is 2. The van der Waals surface area contributed by atoms with Crippen molar-refractivity contribution < 1.29 is 18.9 Å². The number of carbonyl (C=O) groups excluding carboxylic acids is 2. The van der Waals surface area contributed by atoms with Crippen LogP contribution in [0.1, 0.15) is 33.6 Å². The van der Waals surface area contributed by atoms with E-state index in [1.54, 1.807) is 12.1 Å². The van der Waals surface area contributed by atoms with Gasteiger partial charge in [-0.3, -0.25) is 4.79 Å². The van der Waals surface area contributed by atoms with Crippen molar-refractivity contribution in [2.24, 2.45) is 7.05 Å². The number of nitrogens with zero attached hydrogens (tertiary/aromatic N) is 4. The molecule has 2 heterocycles. The standard InChI is InChI=1S/C18H20ClN7O3/c1-4-26-11-7-9(18(28)29-3)5-6-10(11)25(2)12(26)8-22-17(27)13-15(20)24-16(21)14(19)23-13/h5-7H,4,8H2,1-3H3,(H4-,20,21,22,24,27)/p+1. The minimum Gasteiger partial charge on any atom is -0.465 e. The number of esters is 1. The highest BCUT2D eigenvalue weighted by Gasteiger charge is 2.24. The molecule has 5 N–H and O–H groups in total. The van der Waals surface area contributed by atoms with Gasteiger partial charge in [-0.15, -0.1) is 0 Å². The third-order valence-corrected chi connectivity index (χ3v) is 4.87. The number of hydrogen-bond acceptors (Lipinski definition) is 7. The van der Waals surface area contributed by atoms with Crippen LogP contribution in [0.25, 0.3) is 11.0 Å². The second-order valence-electron chi connectivity index (χ2n) is 6.23. The van der Waals surface area contributed by atoms with E-state index >= 15 is 0 Å². The fourth-order valence-corrected chi connectivity index (χ4v) is 3.27. The number of aromatic nitrogens is 4. The maximum Gasteiger partial charge on any atom is 0.338 e. The van der Waals surface area contributed by atoms with E-state index in [9.17, 15) is 9.59 Å². The topological polar surface area (TPSA) is 142 Å². The molecule has 0 aliphatic heterocycles. The van der Waals surface area contributed by atoms with Gasteiger partial charge in [0.1, 0.15) is 6.54 Å². The van der Waals surface area contributed by atoms with Crippen LogP contribution in [0.4, 0.5) is 11.6 Å². The summed E-state index contributed by atoms with van der Waals surface area (Å²) < 4.78 is 8.73. The summed E-state index contributed by atoms with van der Waals surface area (Å²) >= 11 is 5.85. The summed E-state index contributed by atoms with van der Waals surface area (Å²) in [5.74, 6) is -0.277. The van der Waals surface area contributed by atoms with E-state index in [1.165, 1.54) is 7.11 Å². The summed E-state index contributed by atoms with van der Waals surface area (Å²) in [6, 6.07) is 5.30. The van der Waals surface area contributed by atoms with Gasteiger partial charge in [0.25, 0.3) is 11.7 Å². The van der Waals surface area contributed by atoms with Crippen molar-refractivity contribution in [3.8, 4) is 0 Å². The first-order valence-electron chi connectivity index (χ1n) is 8.74. The number of ether oxygens (including phenoxy) is 1. The fraction of sp³-hybridized carbons (Fsp3) is 0.278. The Hall–Kier alpha value is -3.40. The van der Waals surface area contributed by atoms with E-state index in [-0.39, 0.29) is 29.0 Å². The van der Waals surface area contributed by atoms with E-state index in [0.717, 1.165) is 16.9 Å². The number of methoxy groups -OCH3 is 1. The number of amides is 1. The smallest absolute Gasteiger partial charge is 0.338 e. The first-order chi connectivity index (χ1) is 13.8. The highest BCUT2D eigenvalue weighted by Crippen LogP contribution is 2.19. The number of nitrogens with one attached hydrogen (secondary N) is 1. The molecule has 0 saturated heterocycles. The number of nitrogen functional groups attached to an aromatic ring is 2. The van der Waals surface area contributed by atoms with Crippen molar-refractivity contribution in [2.45, 2.75) is 20.0 Å². The molecular formula is C18H21ClN7O3+. The zero-order valence-corrected chi connectivity index (χ0v) is 16.9. The predicted octanol–water partition coefficient (Wildman–Crippen LogP) is 0.810. The molecule has 11 heteroatoms. The van der Waals surface area contributed by atoms with Crippen molar-refractivity contribution in [2.75, 3.05) is 18.6 Å². The fourth-order valence-electron chi connectivity index (χ4n) is 3.15. The van der Waals surface area contributed by atoms with Gasteiger partial charge in [-0.2, -0.15) is 0 Å². The van der Waals surface area contributed by atoms with E-state index in [1.807, 2.05) is 29.2 Å². The molecule has 0 fully saturated rings. The number of imidazole rings is 1. The summed E-state index contributed by atoms with van der Waals surface area (Å²) in [4.78, 5) is 32.1. The van der Waals surface area contributed by atoms with E-state index in [2.05, 4.69) is 15.3 Å². The third-order valence-electron chi connectivity index (χ3n) is 4.59. The maximum absolute atomic E-state index is 12.5. The lowest BCUT2D eigenvalue weighted by Crippen LogP contribution is -2.38. The van der Waals surface area contributed by atoms with Crippen LogP contribution in [-0.2, 0) is 24.9 Å². The monoisotopic (exact) mass is 418 g/mol. The number of anilines is 2. The molecule has 0 bridgehead atoms. The zero-order chi connectivity index (χ0) is 21.3. The number of benzene rings is 1. The van der Waals surface area contributed by atoms with Crippen LogP contribution in [0.5, 0.6) is 0 Å². The number of aryl methyl sites for hydroxylation is 2. The molecule has 152 valence electrons. The molecule has 10 nitrogen and oxygen atoms in total. The average molecular weight is 419 g/mol. The Bertz CT molecular complexity index is 1130. The van der Waals surface area contributed by atoms with E-state index in [4.69, 9.17) is 27.8 Å². The lowest BCUT2D eigenvalue weighted by Gasteiger charge is -2.07. The highest BCUT2D eigenvalue weighted by atomic mass is 35.5. The van der Waals surface area contributed by atoms with Crippen LogP contribution >= 0.6 is 11.6 Å². The van der Waals surface area contributed by atoms with Crippen molar-refractivity contribution in [1.29, 1.82) is 0 Å². The second kappa shape index (κ2) is 7.92. The molecular weight excluding hydrogens is 398 g/mol. The molecule has 3 aromatic rings. The number of fused-ring (bicyclic) bond motifs is 1. The number of hydrogen-bond donors (Lipinski definition) is 3. The highest BCUT2D eigenvalue weighted by molar-refractivity contribution is 6.31. The van der Waals surface area contributed by atoms with Gasteiger partial charge in [-0.05, 0) is 19.1 Å². The van der Waals surface area contributed by atoms with Gasteiger partial charge in [-0.1, -0.05) is 11.6 Å². The molecule has 0 aliphatic rings. The zero-order valence-electron chi connectivity index (χ0n) is 16.2. The van der Waals surface area contributed by atoms with Crippen LogP contribution in [0, 0.1) is 0 Å². The molecule has 0 aliphatic carbocycles. The van der Waals surface area contributed by atoms with Gasteiger partial charge in [0.2, 0.25) is 0 Å². The molecule has 1 amide bonds. The van der Waals surface area contributed by atoms with Crippen LogP contribution in [-0.4, -0.2) is 33.5 Å². The first-order valence-corrected chi connectivity index (χ1v) is 9.12. The Labute approximate surface area is 171 Å². The second-order valence-corrected chi connectivity index (χ2v) is 6.59. The van der Waals surface area contributed by atoms with E-state index < -0.39 is 11.9 Å². The summed E-state index contributed by atoms with van der Waals surface area (Å²) in [7, 11) is 3.21. The third kappa shape index (κ3) is 3.66. The minimum absolute atomic E-state index is 0.0420. The maximum atomic E-state index is 12.5. The van der Waals surface area contributed by atoms with Crippen molar-refractivity contribution in [1.82, 2.24) is 19.9 Å². The minimum atomic E-state index is -0.528. The van der Waals surface area contributed by atoms with Crippen molar-refractivity contribution in [3.63, 3.8) is 0 Å². The molecule has 0 spiro atoms. The molecule has 0 unspecified atom stereocenters. The number of nitrogens with two attached hydrogens (primary N) is 2. The molecule has 29 heavy (non-hydrogen) atoms. The van der Waals surface area contributed by atoms with Gasteiger partial charge in [0, 0.05) is 6.07 Å². The van der Waals surface area contributed by atoms with Gasteiger partial charge in [-0.25, -0.2) is 23.9 Å². The van der Waals surface area contributed by atoms with Crippen LogP contribution < -0.4 is 21.4 Å². The number of rotatable bonds is 5. The Morgan fingerprint density at radius 1 is 1.28 bits per heavy atom. The number of halogens is 1. The lowest BCUT2D eigenvalue weighted by atomic mass is 10.2. The summed E-state index contributed by atoms with van der Waals surface area (Å²) in [5, 5.41) is 2.68. The molecule has 0 saturated carbocycles. The summed E-state index contributed by atoms with van der Waals surface area (Å²) in [6.45, 7) is 2.79. The van der Waals surface area contributed by atoms with E-state index in [0.29, 0.717) is 12.1 Å². The molecule has 2 aromatic heterocycles. The summed E-state index contributed by atoms with van der Waals surface area (Å²) in [6.07, 6.45) is 0.